The zero-order valence-corrected chi connectivity index (χ0v) is 11.1. The van der Waals surface area contributed by atoms with Crippen LogP contribution in [0.3, 0.4) is 0 Å². The van der Waals surface area contributed by atoms with Crippen LogP contribution in [-0.2, 0) is 4.52 Å². The van der Waals surface area contributed by atoms with E-state index in [0.717, 1.165) is 0 Å². The van der Waals surface area contributed by atoms with Crippen LogP contribution in [0.25, 0.3) is 0 Å². The Bertz CT molecular complexity index is 344. The van der Waals surface area contributed by atoms with Crippen molar-refractivity contribution in [3.05, 3.63) is 35.9 Å². The fourth-order valence-corrected chi connectivity index (χ4v) is 4.36. The van der Waals surface area contributed by atoms with Crippen LogP contribution in [0.2, 0.25) is 0 Å². The van der Waals surface area contributed by atoms with E-state index in [-0.39, 0.29) is 6.10 Å². The number of nitrogens with zero attached hydrogens (tertiary/aromatic N) is 1. The molecule has 1 fully saturated rings. The van der Waals surface area contributed by atoms with Crippen LogP contribution < -0.4 is 0 Å². The number of hydrogen-bond acceptors (Lipinski definition) is 3. The molecule has 0 spiro atoms. The summed E-state index contributed by atoms with van der Waals surface area (Å²) < 4.78 is 8.32. The van der Waals surface area contributed by atoms with Crippen molar-refractivity contribution in [3.8, 4) is 0 Å². The summed E-state index contributed by atoms with van der Waals surface area (Å²) >= 11 is 4.63. The standard InChI is InChI=1S/C11H17NOPS/c1-9-11(10-7-5-4-6-8-10)13-14(3,15)12(9)2/h4-9,11,15H,1-3H3/q+1/t9-,11+,14?/m0/s1. The molecule has 1 aliphatic heterocycles. The number of likely N-dealkylation sites (N-methyl/N-ethyl adjacent to an activating group) is 1. The van der Waals surface area contributed by atoms with Crippen LogP contribution in [0.1, 0.15) is 18.6 Å². The zero-order chi connectivity index (χ0) is 11.1. The van der Waals surface area contributed by atoms with E-state index in [1.165, 1.54) is 5.56 Å². The summed E-state index contributed by atoms with van der Waals surface area (Å²) in [5.41, 5.74) is 1.25. The fraction of sp³-hybridized carbons (Fsp3) is 0.455. The summed E-state index contributed by atoms with van der Waals surface area (Å²) in [6, 6.07) is 10.8. The van der Waals surface area contributed by atoms with Crippen molar-refractivity contribution >= 4 is 19.1 Å². The molecular weight excluding hydrogens is 225 g/mol. The van der Waals surface area contributed by atoms with Gasteiger partial charge in [0.05, 0.1) is 18.3 Å². The maximum atomic E-state index is 6.06. The molecule has 0 aliphatic carbocycles. The first-order valence-corrected chi connectivity index (χ1v) is 8.34. The van der Waals surface area contributed by atoms with Crippen LogP contribution in [0.15, 0.2) is 30.3 Å². The molecule has 2 rings (SSSR count). The molecule has 0 saturated carbocycles. The van der Waals surface area contributed by atoms with Crippen LogP contribution in [-0.4, -0.2) is 24.4 Å². The molecule has 1 aliphatic rings. The number of thiol groups is 1. The largest absolute Gasteiger partial charge is 0.270 e. The van der Waals surface area contributed by atoms with Crippen LogP contribution in [0, 0.1) is 0 Å². The highest BCUT2D eigenvalue weighted by Gasteiger charge is 2.52. The second kappa shape index (κ2) is 4.06. The SMILES string of the molecule is C[C@H]1[C@H](c2ccccc2)O[P+](C)(S)N1C. The predicted molar refractivity (Wildman–Crippen MR) is 69.3 cm³/mol. The minimum atomic E-state index is -1.63. The molecule has 0 amide bonds. The van der Waals surface area contributed by atoms with Gasteiger partial charge >= 0.3 is 0 Å². The molecule has 3 atom stereocenters. The molecule has 1 saturated heterocycles. The Hall–Kier alpha value is -0.0800. The molecule has 1 aromatic rings. The normalized spacial score (nSPS) is 37.1. The van der Waals surface area contributed by atoms with Gasteiger partial charge in [-0.15, -0.1) is 4.67 Å². The van der Waals surface area contributed by atoms with Gasteiger partial charge in [0.1, 0.15) is 12.8 Å². The van der Waals surface area contributed by atoms with E-state index in [1.54, 1.807) is 0 Å². The summed E-state index contributed by atoms with van der Waals surface area (Å²) in [4.78, 5) is 0. The van der Waals surface area contributed by atoms with E-state index in [0.29, 0.717) is 6.04 Å². The average molecular weight is 242 g/mol. The van der Waals surface area contributed by atoms with Gasteiger partial charge in [0.2, 0.25) is 0 Å². The molecule has 2 nitrogen and oxygen atoms in total. The molecule has 1 heterocycles. The summed E-state index contributed by atoms with van der Waals surface area (Å²) in [6.07, 6.45) is 0.159. The van der Waals surface area contributed by atoms with E-state index in [9.17, 15) is 0 Å². The third-order valence-corrected chi connectivity index (χ3v) is 6.35. The van der Waals surface area contributed by atoms with Gasteiger partial charge in [-0.3, -0.25) is 0 Å². The number of hydrogen-bond donors (Lipinski definition) is 1. The van der Waals surface area contributed by atoms with Crippen molar-refractivity contribution in [3.63, 3.8) is 0 Å². The van der Waals surface area contributed by atoms with Crippen LogP contribution in [0.4, 0.5) is 0 Å². The Kier molecular flexibility index (Phi) is 3.09. The average Bonchev–Trinajstić information content (AvgIpc) is 2.44. The zero-order valence-electron chi connectivity index (χ0n) is 9.29. The highest BCUT2D eigenvalue weighted by Crippen LogP contribution is 2.72. The first kappa shape index (κ1) is 11.4. The maximum Gasteiger partial charge on any atom is 0.270 e. The van der Waals surface area contributed by atoms with Gasteiger partial charge < -0.3 is 0 Å². The van der Waals surface area contributed by atoms with Crippen molar-refractivity contribution in [2.45, 2.75) is 19.1 Å². The van der Waals surface area contributed by atoms with Crippen LogP contribution in [0.5, 0.6) is 0 Å². The van der Waals surface area contributed by atoms with Gasteiger partial charge in [0.25, 0.3) is 6.84 Å². The Morgan fingerprint density at radius 2 is 1.93 bits per heavy atom. The van der Waals surface area contributed by atoms with Gasteiger partial charge in [-0.2, -0.15) is 4.52 Å². The van der Waals surface area contributed by atoms with Gasteiger partial charge in [-0.25, -0.2) is 0 Å². The smallest absolute Gasteiger partial charge is 0.198 e. The molecule has 0 N–H and O–H groups in total. The molecule has 82 valence electrons. The Morgan fingerprint density at radius 3 is 2.40 bits per heavy atom. The Morgan fingerprint density at radius 1 is 1.33 bits per heavy atom. The van der Waals surface area contributed by atoms with Crippen molar-refractivity contribution < 1.29 is 4.52 Å². The lowest BCUT2D eigenvalue weighted by Crippen LogP contribution is -2.23. The lowest BCUT2D eigenvalue weighted by Gasteiger charge is -2.16. The molecule has 0 radical (unpaired) electrons. The monoisotopic (exact) mass is 242 g/mol. The highest BCUT2D eigenvalue weighted by molar-refractivity contribution is 8.50. The second-order valence-corrected chi connectivity index (χ2v) is 8.83. The quantitative estimate of drug-likeness (QED) is 0.598. The molecule has 0 aromatic heterocycles. The minimum absolute atomic E-state index is 0.159. The third-order valence-electron chi connectivity index (χ3n) is 3.05. The lowest BCUT2D eigenvalue weighted by atomic mass is 10.0. The number of benzene rings is 1. The first-order valence-electron chi connectivity index (χ1n) is 5.08. The van der Waals surface area contributed by atoms with Gasteiger partial charge in [-0.05, 0) is 12.5 Å². The molecule has 1 unspecified atom stereocenters. The highest BCUT2D eigenvalue weighted by atomic mass is 32.7. The summed E-state index contributed by atoms with van der Waals surface area (Å²) in [7, 11) is 2.09. The van der Waals surface area contributed by atoms with E-state index >= 15 is 0 Å². The molecule has 0 bridgehead atoms. The third kappa shape index (κ3) is 2.07. The number of rotatable bonds is 1. The van der Waals surface area contributed by atoms with E-state index in [4.69, 9.17) is 4.52 Å². The Labute approximate surface area is 97.3 Å². The maximum absolute atomic E-state index is 6.06. The predicted octanol–water partition coefficient (Wildman–Crippen LogP) is 3.40. The lowest BCUT2D eigenvalue weighted by molar-refractivity contribution is 0.217. The van der Waals surface area contributed by atoms with Crippen molar-refractivity contribution in [2.24, 2.45) is 0 Å². The first-order chi connectivity index (χ1) is 7.02. The molecule has 4 heteroatoms. The molecule has 15 heavy (non-hydrogen) atoms. The van der Waals surface area contributed by atoms with Gasteiger partial charge in [-0.1, -0.05) is 30.3 Å². The van der Waals surface area contributed by atoms with E-state index in [2.05, 4.69) is 61.8 Å². The van der Waals surface area contributed by atoms with E-state index in [1.807, 2.05) is 6.07 Å². The summed E-state index contributed by atoms with van der Waals surface area (Å²) in [5.74, 6) is 0. The molecular formula is C11H17NOPS+. The second-order valence-electron chi connectivity index (χ2n) is 4.09. The van der Waals surface area contributed by atoms with Crippen LogP contribution >= 0.6 is 19.1 Å². The molecule has 1 aromatic carbocycles. The summed E-state index contributed by atoms with van der Waals surface area (Å²) in [6.45, 7) is 2.65. The summed E-state index contributed by atoms with van der Waals surface area (Å²) in [5, 5.41) is 0. The Balaban J connectivity index is 2.27. The van der Waals surface area contributed by atoms with Gasteiger partial charge in [0, 0.05) is 7.05 Å². The minimum Gasteiger partial charge on any atom is -0.198 e. The van der Waals surface area contributed by atoms with Crippen molar-refractivity contribution in [1.29, 1.82) is 0 Å². The fourth-order valence-electron chi connectivity index (χ4n) is 1.89. The van der Waals surface area contributed by atoms with Crippen molar-refractivity contribution in [2.75, 3.05) is 13.7 Å². The van der Waals surface area contributed by atoms with Gasteiger partial charge in [0.15, 0.2) is 0 Å². The van der Waals surface area contributed by atoms with Crippen molar-refractivity contribution in [1.82, 2.24) is 4.67 Å². The topological polar surface area (TPSA) is 12.5 Å². The van der Waals surface area contributed by atoms with E-state index < -0.39 is 6.84 Å².